The SMILES string of the molecule is Cc1c(-c2cccc(-n3c4ccccc4c4cc(-n5c6ccccc6c6ccccc65)ccc43)c2)cccc1-c1nccc(-c2cccc(-n3c4ccccc4c4ccccc43)c2)c1C. The Morgan fingerprint density at radius 1 is 0.292 bits per heavy atom. The highest BCUT2D eigenvalue weighted by atomic mass is 15.0. The number of aromatic nitrogens is 4. The van der Waals surface area contributed by atoms with Gasteiger partial charge in [0.25, 0.3) is 0 Å². The topological polar surface area (TPSA) is 27.7 Å². The Morgan fingerprint density at radius 3 is 1.17 bits per heavy atom. The van der Waals surface area contributed by atoms with Crippen LogP contribution in [0.2, 0.25) is 0 Å². The van der Waals surface area contributed by atoms with Crippen LogP contribution in [0.25, 0.3) is 116 Å². The third-order valence-electron chi connectivity index (χ3n) is 13.7. The molecule has 4 aromatic heterocycles. The minimum Gasteiger partial charge on any atom is -0.309 e. The highest BCUT2D eigenvalue weighted by Crippen LogP contribution is 2.40. The number of para-hydroxylation sites is 5. The number of hydrogen-bond acceptors (Lipinski definition) is 1. The first-order valence-electron chi connectivity index (χ1n) is 22.4. The predicted octanol–water partition coefficient (Wildman–Crippen LogP) is 16.0. The monoisotopic (exact) mass is 830 g/mol. The normalized spacial score (nSPS) is 11.8. The van der Waals surface area contributed by atoms with Crippen LogP contribution in [0.1, 0.15) is 11.1 Å². The molecular formula is C61H42N4. The fraction of sp³-hybridized carbons (Fsp3) is 0.0328. The molecule has 0 spiro atoms. The molecule has 4 heterocycles. The van der Waals surface area contributed by atoms with Crippen molar-refractivity contribution < 1.29 is 0 Å². The number of pyridine rings is 1. The molecule has 0 unspecified atom stereocenters. The van der Waals surface area contributed by atoms with Crippen LogP contribution in [0.4, 0.5) is 0 Å². The lowest BCUT2D eigenvalue weighted by Crippen LogP contribution is -1.98. The molecule has 306 valence electrons. The van der Waals surface area contributed by atoms with Gasteiger partial charge in [0.15, 0.2) is 0 Å². The maximum absolute atomic E-state index is 5.06. The van der Waals surface area contributed by atoms with Crippen LogP contribution in [0, 0.1) is 13.8 Å². The van der Waals surface area contributed by atoms with Gasteiger partial charge in [-0.25, -0.2) is 0 Å². The van der Waals surface area contributed by atoms with E-state index in [4.69, 9.17) is 4.98 Å². The van der Waals surface area contributed by atoms with Crippen molar-refractivity contribution in [2.75, 3.05) is 0 Å². The van der Waals surface area contributed by atoms with Gasteiger partial charge in [-0.3, -0.25) is 4.98 Å². The first-order valence-corrected chi connectivity index (χ1v) is 22.4. The van der Waals surface area contributed by atoms with Gasteiger partial charge < -0.3 is 13.7 Å². The second-order valence-electron chi connectivity index (χ2n) is 17.2. The van der Waals surface area contributed by atoms with Gasteiger partial charge in [-0.05, 0) is 126 Å². The van der Waals surface area contributed by atoms with Crippen molar-refractivity contribution in [2.24, 2.45) is 0 Å². The highest BCUT2D eigenvalue weighted by molar-refractivity contribution is 6.13. The summed E-state index contributed by atoms with van der Waals surface area (Å²) in [4.78, 5) is 5.06. The van der Waals surface area contributed by atoms with Crippen LogP contribution >= 0.6 is 0 Å². The number of rotatable bonds is 6. The first kappa shape index (κ1) is 37.1. The lowest BCUT2D eigenvalue weighted by molar-refractivity contribution is 1.16. The standard InChI is InChI=1S/C61H42N4/c1-39-46(25-15-26-48(39)61-40(2)47(34-35-62-61)42-17-14-18-43(37-42)63-55-27-8-3-20-49(55)50-21-4-9-28-56(50)63)41-16-13-19-44(36-41)64-59-31-12-7-24-53(59)54-38-45(32-33-60(54)64)65-57-29-10-5-22-51(57)52-23-6-11-30-58(52)65/h3-38H,1-2H3. The fourth-order valence-corrected chi connectivity index (χ4v) is 10.7. The van der Waals surface area contributed by atoms with Crippen LogP contribution in [0.15, 0.2) is 219 Å². The van der Waals surface area contributed by atoms with E-state index >= 15 is 0 Å². The van der Waals surface area contributed by atoms with Crippen molar-refractivity contribution in [3.05, 3.63) is 230 Å². The van der Waals surface area contributed by atoms with Gasteiger partial charge >= 0.3 is 0 Å². The summed E-state index contributed by atoms with van der Waals surface area (Å²) >= 11 is 0. The molecule has 0 radical (unpaired) electrons. The van der Waals surface area contributed by atoms with Crippen molar-refractivity contribution in [1.82, 2.24) is 18.7 Å². The summed E-state index contributed by atoms with van der Waals surface area (Å²) in [5.41, 5.74) is 19.8. The number of hydrogen-bond donors (Lipinski definition) is 0. The third kappa shape index (κ3) is 5.67. The van der Waals surface area contributed by atoms with Crippen molar-refractivity contribution in [1.29, 1.82) is 0 Å². The summed E-state index contributed by atoms with van der Waals surface area (Å²) in [6.45, 7) is 4.46. The number of benzene rings is 9. The molecule has 13 aromatic rings. The first-order chi connectivity index (χ1) is 32.1. The zero-order valence-electron chi connectivity index (χ0n) is 36.1. The second kappa shape index (κ2) is 14.5. The van der Waals surface area contributed by atoms with E-state index in [-0.39, 0.29) is 0 Å². The van der Waals surface area contributed by atoms with Crippen molar-refractivity contribution in [3.8, 4) is 50.6 Å². The Balaban J connectivity index is 0.896. The predicted molar refractivity (Wildman–Crippen MR) is 273 cm³/mol. The molecule has 0 fully saturated rings. The zero-order chi connectivity index (χ0) is 43.2. The van der Waals surface area contributed by atoms with Gasteiger partial charge in [-0.2, -0.15) is 0 Å². The molecule has 13 rings (SSSR count). The summed E-state index contributed by atoms with van der Waals surface area (Å²) in [7, 11) is 0. The number of fused-ring (bicyclic) bond motifs is 9. The molecular weight excluding hydrogens is 789 g/mol. The maximum atomic E-state index is 5.06. The minimum absolute atomic E-state index is 1.00. The van der Waals surface area contributed by atoms with Crippen molar-refractivity contribution in [2.45, 2.75) is 13.8 Å². The lowest BCUT2D eigenvalue weighted by atomic mass is 9.91. The maximum Gasteiger partial charge on any atom is 0.0740 e. The van der Waals surface area contributed by atoms with E-state index in [9.17, 15) is 0 Å². The van der Waals surface area contributed by atoms with Gasteiger partial charge in [-0.15, -0.1) is 0 Å². The Hall–Kier alpha value is -8.47. The molecule has 0 aliphatic heterocycles. The van der Waals surface area contributed by atoms with E-state index in [1.54, 1.807) is 0 Å². The van der Waals surface area contributed by atoms with Crippen LogP contribution in [0.3, 0.4) is 0 Å². The molecule has 0 aliphatic rings. The van der Waals surface area contributed by atoms with Crippen LogP contribution in [-0.4, -0.2) is 18.7 Å². The van der Waals surface area contributed by atoms with Gasteiger partial charge in [-0.1, -0.05) is 133 Å². The van der Waals surface area contributed by atoms with E-state index in [1.807, 2.05) is 6.20 Å². The summed E-state index contributed by atoms with van der Waals surface area (Å²) in [6, 6.07) is 77.3. The smallest absolute Gasteiger partial charge is 0.0740 e. The van der Waals surface area contributed by atoms with E-state index in [0.29, 0.717) is 0 Å². The number of nitrogens with zero attached hydrogens (tertiary/aromatic N) is 4. The second-order valence-corrected chi connectivity index (χ2v) is 17.2. The molecule has 4 heteroatoms. The Bertz CT molecular complexity index is 3940. The zero-order valence-corrected chi connectivity index (χ0v) is 36.1. The summed E-state index contributed by atoms with van der Waals surface area (Å²) in [5, 5.41) is 7.51. The molecule has 65 heavy (non-hydrogen) atoms. The van der Waals surface area contributed by atoms with E-state index < -0.39 is 0 Å². The average molecular weight is 831 g/mol. The molecule has 4 nitrogen and oxygen atoms in total. The minimum atomic E-state index is 1.00. The summed E-state index contributed by atoms with van der Waals surface area (Å²) in [5.74, 6) is 0. The van der Waals surface area contributed by atoms with E-state index in [1.165, 1.54) is 93.2 Å². The molecule has 0 amide bonds. The van der Waals surface area contributed by atoms with Crippen molar-refractivity contribution >= 4 is 65.4 Å². The van der Waals surface area contributed by atoms with E-state index in [0.717, 1.165) is 33.9 Å². The highest BCUT2D eigenvalue weighted by Gasteiger charge is 2.19. The molecule has 9 aromatic carbocycles. The van der Waals surface area contributed by atoms with Gasteiger partial charge in [0, 0.05) is 61.1 Å². The summed E-state index contributed by atoms with van der Waals surface area (Å²) < 4.78 is 7.21. The average Bonchev–Trinajstić information content (AvgIpc) is 4.00. The lowest BCUT2D eigenvalue weighted by Gasteiger charge is -2.17. The molecule has 0 atom stereocenters. The Labute approximate surface area is 376 Å². The van der Waals surface area contributed by atoms with Gasteiger partial charge in [0.2, 0.25) is 0 Å². The molecule has 0 saturated carbocycles. The van der Waals surface area contributed by atoms with Gasteiger partial charge in [0.05, 0.1) is 38.8 Å². The fourth-order valence-electron chi connectivity index (χ4n) is 10.7. The summed E-state index contributed by atoms with van der Waals surface area (Å²) in [6.07, 6.45) is 1.96. The quantitative estimate of drug-likeness (QED) is 0.164. The third-order valence-corrected chi connectivity index (χ3v) is 13.7. The van der Waals surface area contributed by atoms with Gasteiger partial charge in [0.1, 0.15) is 0 Å². The van der Waals surface area contributed by atoms with Crippen LogP contribution in [-0.2, 0) is 0 Å². The molecule has 0 bridgehead atoms. The Kier molecular flexibility index (Phi) is 8.31. The molecule has 0 saturated heterocycles. The van der Waals surface area contributed by atoms with E-state index in [2.05, 4.69) is 240 Å². The molecule has 0 aliphatic carbocycles. The van der Waals surface area contributed by atoms with Crippen LogP contribution < -0.4 is 0 Å². The molecule has 0 N–H and O–H groups in total. The Morgan fingerprint density at radius 2 is 0.677 bits per heavy atom. The van der Waals surface area contributed by atoms with Crippen LogP contribution in [0.5, 0.6) is 0 Å². The van der Waals surface area contributed by atoms with Crippen molar-refractivity contribution in [3.63, 3.8) is 0 Å². The largest absolute Gasteiger partial charge is 0.309 e.